The van der Waals surface area contributed by atoms with Crippen LogP contribution in [0.5, 0.6) is 0 Å². The van der Waals surface area contributed by atoms with Gasteiger partial charge in [-0.3, -0.25) is 4.99 Å². The Bertz CT molecular complexity index is 279. The van der Waals surface area contributed by atoms with Crippen molar-refractivity contribution in [2.75, 3.05) is 40.0 Å². The van der Waals surface area contributed by atoms with Gasteiger partial charge in [0.1, 0.15) is 0 Å². The molecule has 0 bridgehead atoms. The molecule has 0 unspecified atom stereocenters. The number of hydrogen-bond donors (Lipinski definition) is 2. The molecule has 1 rings (SSSR count). The van der Waals surface area contributed by atoms with Crippen LogP contribution in [0.2, 0.25) is 0 Å². The minimum Gasteiger partial charge on any atom is -0.380 e. The van der Waals surface area contributed by atoms with E-state index in [4.69, 9.17) is 9.47 Å². The largest absolute Gasteiger partial charge is 0.380 e. The maximum absolute atomic E-state index is 5.91. The SMILES string of the molecule is CCCCOCCNC(=NC)NCCCOC1CCCCC1. The van der Waals surface area contributed by atoms with E-state index in [1.54, 1.807) is 7.05 Å². The van der Waals surface area contributed by atoms with Gasteiger partial charge in [0, 0.05) is 33.4 Å². The summed E-state index contributed by atoms with van der Waals surface area (Å²) >= 11 is 0. The number of ether oxygens (including phenoxy) is 2. The molecule has 0 aromatic rings. The van der Waals surface area contributed by atoms with Crippen molar-refractivity contribution < 1.29 is 9.47 Å². The average Bonchev–Trinajstić information content (AvgIpc) is 2.56. The van der Waals surface area contributed by atoms with Crippen LogP contribution in [-0.4, -0.2) is 52.0 Å². The maximum Gasteiger partial charge on any atom is 0.191 e. The van der Waals surface area contributed by atoms with Gasteiger partial charge in [0.05, 0.1) is 12.7 Å². The molecular formula is C17H35N3O2. The van der Waals surface area contributed by atoms with Crippen LogP contribution < -0.4 is 10.6 Å². The molecule has 2 N–H and O–H groups in total. The molecule has 0 aromatic carbocycles. The topological polar surface area (TPSA) is 54.9 Å². The number of aliphatic imine (C=N–C) groups is 1. The van der Waals surface area contributed by atoms with Gasteiger partial charge in [-0.1, -0.05) is 32.6 Å². The number of guanidine groups is 1. The third kappa shape index (κ3) is 10.0. The molecule has 0 spiro atoms. The fourth-order valence-electron chi connectivity index (χ4n) is 2.57. The molecule has 1 fully saturated rings. The Morgan fingerprint density at radius 1 is 1.00 bits per heavy atom. The van der Waals surface area contributed by atoms with Gasteiger partial charge in [0.25, 0.3) is 0 Å². The molecule has 0 aromatic heterocycles. The predicted molar refractivity (Wildman–Crippen MR) is 92.5 cm³/mol. The Labute approximate surface area is 136 Å². The number of nitrogens with one attached hydrogen (secondary N) is 2. The lowest BCUT2D eigenvalue weighted by Crippen LogP contribution is -2.39. The fraction of sp³-hybridized carbons (Fsp3) is 0.941. The molecule has 130 valence electrons. The van der Waals surface area contributed by atoms with Gasteiger partial charge < -0.3 is 20.1 Å². The van der Waals surface area contributed by atoms with Gasteiger partial charge in [-0.25, -0.2) is 0 Å². The molecule has 0 saturated heterocycles. The molecule has 5 nitrogen and oxygen atoms in total. The van der Waals surface area contributed by atoms with Gasteiger partial charge in [-0.05, 0) is 25.7 Å². The number of rotatable bonds is 11. The highest BCUT2D eigenvalue weighted by Gasteiger charge is 2.12. The molecule has 1 saturated carbocycles. The zero-order valence-corrected chi connectivity index (χ0v) is 14.5. The Balaban J connectivity index is 1.92. The molecule has 1 aliphatic carbocycles. The van der Waals surface area contributed by atoms with Crippen LogP contribution in [0.4, 0.5) is 0 Å². The highest BCUT2D eigenvalue weighted by Crippen LogP contribution is 2.20. The first-order valence-corrected chi connectivity index (χ1v) is 9.00. The summed E-state index contributed by atoms with van der Waals surface area (Å²) in [6.45, 7) is 6.28. The Kier molecular flexibility index (Phi) is 12.1. The van der Waals surface area contributed by atoms with Crippen LogP contribution in [0.25, 0.3) is 0 Å². The number of hydrogen-bond acceptors (Lipinski definition) is 3. The lowest BCUT2D eigenvalue weighted by Gasteiger charge is -2.22. The number of nitrogens with zero attached hydrogens (tertiary/aromatic N) is 1. The van der Waals surface area contributed by atoms with Crippen LogP contribution >= 0.6 is 0 Å². The molecule has 0 atom stereocenters. The monoisotopic (exact) mass is 313 g/mol. The third-order valence-corrected chi connectivity index (χ3v) is 3.92. The molecule has 0 heterocycles. The van der Waals surface area contributed by atoms with E-state index in [-0.39, 0.29) is 0 Å². The zero-order chi connectivity index (χ0) is 15.9. The van der Waals surface area contributed by atoms with E-state index in [1.807, 2.05) is 0 Å². The van der Waals surface area contributed by atoms with Crippen molar-refractivity contribution in [2.45, 2.75) is 64.4 Å². The smallest absolute Gasteiger partial charge is 0.191 e. The van der Waals surface area contributed by atoms with E-state index < -0.39 is 0 Å². The summed E-state index contributed by atoms with van der Waals surface area (Å²) in [7, 11) is 1.80. The fourth-order valence-corrected chi connectivity index (χ4v) is 2.57. The van der Waals surface area contributed by atoms with Crippen LogP contribution in [-0.2, 0) is 9.47 Å². The van der Waals surface area contributed by atoms with Crippen LogP contribution in [0.3, 0.4) is 0 Å². The van der Waals surface area contributed by atoms with Gasteiger partial charge >= 0.3 is 0 Å². The van der Waals surface area contributed by atoms with Gasteiger partial charge in [0.2, 0.25) is 0 Å². The van der Waals surface area contributed by atoms with E-state index in [0.717, 1.165) is 51.7 Å². The molecular weight excluding hydrogens is 278 g/mol. The normalized spacial score (nSPS) is 16.7. The second kappa shape index (κ2) is 13.8. The summed E-state index contributed by atoms with van der Waals surface area (Å²) in [4.78, 5) is 4.21. The number of unbranched alkanes of at least 4 members (excludes halogenated alkanes) is 1. The van der Waals surface area contributed by atoms with Crippen molar-refractivity contribution in [3.8, 4) is 0 Å². The van der Waals surface area contributed by atoms with Crippen LogP contribution in [0.1, 0.15) is 58.3 Å². The summed E-state index contributed by atoms with van der Waals surface area (Å²) in [6.07, 6.45) is 10.4. The van der Waals surface area contributed by atoms with E-state index in [0.29, 0.717) is 6.10 Å². The maximum atomic E-state index is 5.91. The summed E-state index contributed by atoms with van der Waals surface area (Å²) in [5.41, 5.74) is 0. The van der Waals surface area contributed by atoms with Crippen molar-refractivity contribution in [3.05, 3.63) is 0 Å². The molecule has 1 aliphatic rings. The second-order valence-electron chi connectivity index (χ2n) is 5.88. The van der Waals surface area contributed by atoms with Crippen molar-refractivity contribution in [1.29, 1.82) is 0 Å². The summed E-state index contributed by atoms with van der Waals surface area (Å²) in [5.74, 6) is 0.844. The van der Waals surface area contributed by atoms with Crippen molar-refractivity contribution in [1.82, 2.24) is 10.6 Å². The van der Waals surface area contributed by atoms with E-state index in [2.05, 4.69) is 22.5 Å². The summed E-state index contributed by atoms with van der Waals surface area (Å²) in [6, 6.07) is 0. The molecule has 5 heteroatoms. The zero-order valence-electron chi connectivity index (χ0n) is 14.5. The summed E-state index contributed by atoms with van der Waals surface area (Å²) in [5, 5.41) is 6.57. The highest BCUT2D eigenvalue weighted by atomic mass is 16.5. The standard InChI is InChI=1S/C17H35N3O2/c1-3-4-13-21-15-12-20-17(18-2)19-11-8-14-22-16-9-6-5-7-10-16/h16H,3-15H2,1-2H3,(H2,18,19,20). The van der Waals surface area contributed by atoms with E-state index >= 15 is 0 Å². The van der Waals surface area contributed by atoms with Crippen molar-refractivity contribution >= 4 is 5.96 Å². The van der Waals surface area contributed by atoms with Gasteiger partial charge in [-0.15, -0.1) is 0 Å². The first-order valence-electron chi connectivity index (χ1n) is 9.00. The molecule has 0 aliphatic heterocycles. The summed E-state index contributed by atoms with van der Waals surface area (Å²) < 4.78 is 11.4. The van der Waals surface area contributed by atoms with Gasteiger partial charge in [-0.2, -0.15) is 0 Å². The Hall–Kier alpha value is -0.810. The van der Waals surface area contributed by atoms with E-state index in [1.165, 1.54) is 38.5 Å². The quantitative estimate of drug-likeness (QED) is 0.350. The third-order valence-electron chi connectivity index (χ3n) is 3.92. The minimum absolute atomic E-state index is 0.506. The van der Waals surface area contributed by atoms with Crippen molar-refractivity contribution in [3.63, 3.8) is 0 Å². The molecule has 0 amide bonds. The predicted octanol–water partition coefficient (Wildman–Crippen LogP) is 2.71. The Morgan fingerprint density at radius 3 is 2.50 bits per heavy atom. The first kappa shape index (κ1) is 19.2. The second-order valence-corrected chi connectivity index (χ2v) is 5.88. The molecule has 0 radical (unpaired) electrons. The van der Waals surface area contributed by atoms with Crippen molar-refractivity contribution in [2.24, 2.45) is 4.99 Å². The van der Waals surface area contributed by atoms with Crippen LogP contribution in [0, 0.1) is 0 Å². The van der Waals surface area contributed by atoms with Crippen LogP contribution in [0.15, 0.2) is 4.99 Å². The average molecular weight is 313 g/mol. The first-order chi connectivity index (χ1) is 10.9. The lowest BCUT2D eigenvalue weighted by molar-refractivity contribution is 0.0277. The lowest BCUT2D eigenvalue weighted by atomic mass is 9.98. The minimum atomic E-state index is 0.506. The Morgan fingerprint density at radius 2 is 1.77 bits per heavy atom. The van der Waals surface area contributed by atoms with E-state index in [9.17, 15) is 0 Å². The highest BCUT2D eigenvalue weighted by molar-refractivity contribution is 5.79. The molecule has 22 heavy (non-hydrogen) atoms. The van der Waals surface area contributed by atoms with Gasteiger partial charge in [0.15, 0.2) is 5.96 Å².